The van der Waals surface area contributed by atoms with E-state index in [0.29, 0.717) is 22.6 Å². The highest BCUT2D eigenvalue weighted by atomic mass is 32.2. The minimum absolute atomic E-state index is 0.380. The molecule has 4 nitrogen and oxygen atoms in total. The zero-order valence-electron chi connectivity index (χ0n) is 14.4. The van der Waals surface area contributed by atoms with Crippen molar-refractivity contribution >= 4 is 20.9 Å². The van der Waals surface area contributed by atoms with Crippen molar-refractivity contribution in [3.05, 3.63) is 24.0 Å². The van der Waals surface area contributed by atoms with Crippen LogP contribution in [0.2, 0.25) is 0 Å². The topological polar surface area (TPSA) is 52.0 Å². The van der Waals surface area contributed by atoms with Crippen molar-refractivity contribution in [2.45, 2.75) is 57.4 Å². The Kier molecular flexibility index (Phi) is 4.25. The first-order chi connectivity index (χ1) is 10.8. The second kappa shape index (κ2) is 5.93. The van der Waals surface area contributed by atoms with Crippen LogP contribution in [-0.4, -0.2) is 24.2 Å². The summed E-state index contributed by atoms with van der Waals surface area (Å²) in [6.45, 7) is 7.72. The first kappa shape index (κ1) is 16.5. The summed E-state index contributed by atoms with van der Waals surface area (Å²) in [4.78, 5) is 5.26. The van der Waals surface area contributed by atoms with Gasteiger partial charge in [0.25, 0.3) is 0 Å². The van der Waals surface area contributed by atoms with Crippen LogP contribution in [0.1, 0.15) is 51.8 Å². The standard InChI is InChI=1S/C18H26N2O2S/c1-5-13-8-9-20-17-11-14(23(4,21)22)6-7-16(17)19-18(20)15(13)10-12(2)3/h6-7,11-13,15H,5,8-10H2,1-4H3. The average Bonchev–Trinajstić information content (AvgIpc) is 2.84. The lowest BCUT2D eigenvalue weighted by molar-refractivity contribution is 0.273. The average molecular weight is 334 g/mol. The fourth-order valence-corrected chi connectivity index (χ4v) is 4.51. The maximum atomic E-state index is 11.8. The molecule has 2 unspecified atom stereocenters. The Hall–Kier alpha value is -1.36. The van der Waals surface area contributed by atoms with Crippen LogP contribution in [0.3, 0.4) is 0 Å². The molecule has 0 saturated heterocycles. The summed E-state index contributed by atoms with van der Waals surface area (Å²) in [6.07, 6.45) is 4.72. The van der Waals surface area contributed by atoms with Crippen molar-refractivity contribution in [1.82, 2.24) is 9.55 Å². The van der Waals surface area contributed by atoms with E-state index in [4.69, 9.17) is 4.98 Å². The van der Waals surface area contributed by atoms with Crippen molar-refractivity contribution in [2.75, 3.05) is 6.26 Å². The molecule has 0 bridgehead atoms. The highest BCUT2D eigenvalue weighted by molar-refractivity contribution is 7.90. The van der Waals surface area contributed by atoms with Crippen LogP contribution < -0.4 is 0 Å². The van der Waals surface area contributed by atoms with Crippen LogP contribution in [0.25, 0.3) is 11.0 Å². The Morgan fingerprint density at radius 1 is 1.35 bits per heavy atom. The summed E-state index contributed by atoms with van der Waals surface area (Å²) in [6, 6.07) is 5.32. The summed E-state index contributed by atoms with van der Waals surface area (Å²) >= 11 is 0. The fourth-order valence-electron chi connectivity index (χ4n) is 3.87. The van der Waals surface area contributed by atoms with Crippen molar-refractivity contribution in [3.8, 4) is 0 Å². The third-order valence-electron chi connectivity index (χ3n) is 5.05. The van der Waals surface area contributed by atoms with Gasteiger partial charge in [0.1, 0.15) is 5.82 Å². The smallest absolute Gasteiger partial charge is 0.175 e. The van der Waals surface area contributed by atoms with E-state index < -0.39 is 9.84 Å². The quantitative estimate of drug-likeness (QED) is 0.849. The van der Waals surface area contributed by atoms with E-state index in [1.807, 2.05) is 6.07 Å². The van der Waals surface area contributed by atoms with Gasteiger partial charge in [-0.05, 0) is 42.9 Å². The summed E-state index contributed by atoms with van der Waals surface area (Å²) in [5.74, 6) is 2.93. The Labute approximate surface area is 138 Å². The molecule has 0 amide bonds. The van der Waals surface area contributed by atoms with E-state index in [1.165, 1.54) is 12.7 Å². The number of aromatic nitrogens is 2. The molecule has 3 rings (SSSR count). The Balaban J connectivity index is 2.14. The molecule has 1 aliphatic heterocycles. The van der Waals surface area contributed by atoms with Gasteiger partial charge < -0.3 is 4.57 Å². The number of hydrogen-bond donors (Lipinski definition) is 0. The van der Waals surface area contributed by atoms with Gasteiger partial charge >= 0.3 is 0 Å². The van der Waals surface area contributed by atoms with Gasteiger partial charge in [-0.15, -0.1) is 0 Å². The van der Waals surface area contributed by atoms with E-state index in [-0.39, 0.29) is 0 Å². The largest absolute Gasteiger partial charge is 0.328 e. The van der Waals surface area contributed by atoms with E-state index in [0.717, 1.165) is 36.2 Å². The van der Waals surface area contributed by atoms with Gasteiger partial charge in [-0.3, -0.25) is 0 Å². The molecule has 126 valence electrons. The van der Waals surface area contributed by atoms with Gasteiger partial charge in [0, 0.05) is 18.7 Å². The number of fused-ring (bicyclic) bond motifs is 3. The summed E-state index contributed by atoms with van der Waals surface area (Å²) in [5.41, 5.74) is 1.88. The third kappa shape index (κ3) is 3.03. The minimum atomic E-state index is -3.19. The molecule has 0 aliphatic carbocycles. The molecule has 23 heavy (non-hydrogen) atoms. The van der Waals surface area contributed by atoms with Crippen molar-refractivity contribution in [2.24, 2.45) is 11.8 Å². The fraction of sp³-hybridized carbons (Fsp3) is 0.611. The highest BCUT2D eigenvalue weighted by Crippen LogP contribution is 2.40. The van der Waals surface area contributed by atoms with Crippen LogP contribution >= 0.6 is 0 Å². The zero-order valence-corrected chi connectivity index (χ0v) is 15.2. The second-order valence-corrected chi connectivity index (χ2v) is 9.25. The maximum absolute atomic E-state index is 11.8. The first-order valence-electron chi connectivity index (χ1n) is 8.51. The second-order valence-electron chi connectivity index (χ2n) is 7.24. The molecule has 0 saturated carbocycles. The Morgan fingerprint density at radius 3 is 2.70 bits per heavy atom. The van der Waals surface area contributed by atoms with E-state index >= 15 is 0 Å². The van der Waals surface area contributed by atoms with Crippen LogP contribution in [-0.2, 0) is 16.4 Å². The number of benzene rings is 1. The van der Waals surface area contributed by atoms with E-state index in [9.17, 15) is 8.42 Å². The molecular formula is C18H26N2O2S. The summed E-state index contributed by atoms with van der Waals surface area (Å²) < 4.78 is 25.9. The van der Waals surface area contributed by atoms with Gasteiger partial charge in [-0.25, -0.2) is 13.4 Å². The molecule has 0 spiro atoms. The van der Waals surface area contributed by atoms with E-state index in [2.05, 4.69) is 25.3 Å². The number of hydrogen-bond acceptors (Lipinski definition) is 3. The lowest BCUT2D eigenvalue weighted by Crippen LogP contribution is -2.26. The highest BCUT2D eigenvalue weighted by Gasteiger charge is 2.32. The molecule has 5 heteroatoms. The van der Waals surface area contributed by atoms with Crippen molar-refractivity contribution < 1.29 is 8.42 Å². The monoisotopic (exact) mass is 334 g/mol. The Bertz CT molecular complexity index is 821. The molecule has 2 aromatic rings. The van der Waals surface area contributed by atoms with Crippen LogP contribution in [0.5, 0.6) is 0 Å². The third-order valence-corrected chi connectivity index (χ3v) is 6.16. The lowest BCUT2D eigenvalue weighted by atomic mass is 9.79. The van der Waals surface area contributed by atoms with E-state index in [1.54, 1.807) is 12.1 Å². The van der Waals surface area contributed by atoms with Crippen LogP contribution in [0, 0.1) is 11.8 Å². The summed E-state index contributed by atoms with van der Waals surface area (Å²) in [5, 5.41) is 0. The predicted molar refractivity (Wildman–Crippen MR) is 93.4 cm³/mol. The molecule has 1 aliphatic rings. The molecule has 0 fully saturated rings. The van der Waals surface area contributed by atoms with Crippen LogP contribution in [0.4, 0.5) is 0 Å². The number of aryl methyl sites for hydroxylation is 1. The molecular weight excluding hydrogens is 308 g/mol. The number of rotatable bonds is 4. The molecule has 1 aromatic carbocycles. The molecule has 1 aromatic heterocycles. The number of sulfone groups is 1. The number of nitrogens with zero attached hydrogens (tertiary/aromatic N) is 2. The van der Waals surface area contributed by atoms with Gasteiger partial charge in [0.15, 0.2) is 9.84 Å². The van der Waals surface area contributed by atoms with Crippen LogP contribution in [0.15, 0.2) is 23.1 Å². The number of imidazole rings is 1. The van der Waals surface area contributed by atoms with Gasteiger partial charge in [0.2, 0.25) is 0 Å². The molecule has 0 N–H and O–H groups in total. The van der Waals surface area contributed by atoms with Gasteiger partial charge in [0.05, 0.1) is 15.9 Å². The van der Waals surface area contributed by atoms with Gasteiger partial charge in [-0.2, -0.15) is 0 Å². The zero-order chi connectivity index (χ0) is 16.8. The van der Waals surface area contributed by atoms with Crippen molar-refractivity contribution in [3.63, 3.8) is 0 Å². The molecule has 0 radical (unpaired) electrons. The SMILES string of the molecule is CCC1CCn2c(nc3ccc(S(C)(=O)=O)cc32)C1CC(C)C. The minimum Gasteiger partial charge on any atom is -0.328 e. The van der Waals surface area contributed by atoms with Gasteiger partial charge in [-0.1, -0.05) is 27.2 Å². The Morgan fingerprint density at radius 2 is 2.09 bits per heavy atom. The van der Waals surface area contributed by atoms with Crippen molar-refractivity contribution in [1.29, 1.82) is 0 Å². The molecule has 2 heterocycles. The summed E-state index contributed by atoms with van der Waals surface area (Å²) in [7, 11) is -3.19. The lowest BCUT2D eigenvalue weighted by Gasteiger charge is -2.32. The predicted octanol–water partition coefficient (Wildman–Crippen LogP) is 4.00. The maximum Gasteiger partial charge on any atom is 0.175 e. The molecule has 2 atom stereocenters. The normalized spacial score (nSPS) is 21.8. The first-order valence-corrected chi connectivity index (χ1v) is 10.4.